The summed E-state index contributed by atoms with van der Waals surface area (Å²) in [6, 6.07) is 10.1. The van der Waals surface area contributed by atoms with Crippen molar-refractivity contribution >= 4 is 27.4 Å². The van der Waals surface area contributed by atoms with Crippen LogP contribution in [0.25, 0.3) is 10.2 Å². The number of aryl methyl sites for hydroxylation is 3. The van der Waals surface area contributed by atoms with E-state index in [1.807, 2.05) is 19.1 Å². The van der Waals surface area contributed by atoms with E-state index in [1.54, 1.807) is 11.3 Å². The van der Waals surface area contributed by atoms with Crippen LogP contribution in [-0.4, -0.2) is 41.0 Å². The van der Waals surface area contributed by atoms with E-state index in [4.69, 9.17) is 10.2 Å². The van der Waals surface area contributed by atoms with Crippen molar-refractivity contribution < 1.29 is 0 Å². The molecule has 1 fully saturated rings. The third-order valence-electron chi connectivity index (χ3n) is 5.28. The van der Waals surface area contributed by atoms with Gasteiger partial charge in [0.05, 0.1) is 17.0 Å². The maximum atomic E-state index is 8.93. The lowest BCUT2D eigenvalue weighted by Gasteiger charge is -2.35. The molecule has 0 N–H and O–H groups in total. The number of hydrogen-bond acceptors (Lipinski definition) is 6. The first-order chi connectivity index (χ1) is 13.0. The summed E-state index contributed by atoms with van der Waals surface area (Å²) >= 11 is 1.77. The molecule has 0 radical (unpaired) electrons. The van der Waals surface area contributed by atoms with Gasteiger partial charge in [-0.1, -0.05) is 12.1 Å². The number of thiophene rings is 1. The summed E-state index contributed by atoms with van der Waals surface area (Å²) < 4.78 is 0. The highest BCUT2D eigenvalue weighted by atomic mass is 32.1. The van der Waals surface area contributed by atoms with Crippen LogP contribution >= 0.6 is 11.3 Å². The molecule has 1 aliphatic rings. The van der Waals surface area contributed by atoms with Crippen LogP contribution in [-0.2, 0) is 6.54 Å². The van der Waals surface area contributed by atoms with Crippen molar-refractivity contribution in [1.29, 1.82) is 5.26 Å². The smallest absolute Gasteiger partial charge is 0.141 e. The number of rotatable bonds is 3. The molecule has 0 saturated carbocycles. The van der Waals surface area contributed by atoms with Crippen LogP contribution in [0.2, 0.25) is 0 Å². The van der Waals surface area contributed by atoms with Gasteiger partial charge < -0.3 is 4.90 Å². The van der Waals surface area contributed by atoms with Crippen LogP contribution in [0.3, 0.4) is 0 Å². The third-order valence-corrected chi connectivity index (χ3v) is 6.38. The zero-order valence-corrected chi connectivity index (χ0v) is 16.8. The fourth-order valence-electron chi connectivity index (χ4n) is 3.62. The number of nitrogens with zero attached hydrogens (tertiary/aromatic N) is 5. The quantitative estimate of drug-likeness (QED) is 0.695. The lowest BCUT2D eigenvalue weighted by Crippen LogP contribution is -2.46. The number of benzene rings is 1. The van der Waals surface area contributed by atoms with E-state index in [0.717, 1.165) is 49.2 Å². The Morgan fingerprint density at radius 1 is 1.04 bits per heavy atom. The number of aromatic nitrogens is 2. The highest BCUT2D eigenvalue weighted by Gasteiger charge is 2.22. The van der Waals surface area contributed by atoms with Crippen molar-refractivity contribution in [3.8, 4) is 6.07 Å². The Morgan fingerprint density at radius 3 is 2.41 bits per heavy atom. The van der Waals surface area contributed by atoms with Gasteiger partial charge >= 0.3 is 0 Å². The second-order valence-corrected chi connectivity index (χ2v) is 8.33. The van der Waals surface area contributed by atoms with Crippen LogP contribution in [0.15, 0.2) is 24.3 Å². The number of hydrogen-bond donors (Lipinski definition) is 0. The predicted octanol–water partition coefficient (Wildman–Crippen LogP) is 3.81. The maximum absolute atomic E-state index is 8.93. The fourth-order valence-corrected chi connectivity index (χ4v) is 4.69. The zero-order valence-electron chi connectivity index (χ0n) is 16.0. The Morgan fingerprint density at radius 2 is 1.74 bits per heavy atom. The molecule has 0 amide bonds. The topological polar surface area (TPSA) is 56.1 Å². The van der Waals surface area contributed by atoms with Crippen LogP contribution in [0.5, 0.6) is 0 Å². The number of fused-ring (bicyclic) bond motifs is 1. The number of anilines is 1. The van der Waals surface area contributed by atoms with Gasteiger partial charge in [0.25, 0.3) is 0 Å². The van der Waals surface area contributed by atoms with Gasteiger partial charge in [0.1, 0.15) is 16.5 Å². The minimum absolute atomic E-state index is 0.716. The minimum Gasteiger partial charge on any atom is -0.353 e. The molecule has 0 atom stereocenters. The third kappa shape index (κ3) is 3.53. The zero-order chi connectivity index (χ0) is 19.0. The first-order valence-corrected chi connectivity index (χ1v) is 10.1. The lowest BCUT2D eigenvalue weighted by atomic mass is 10.1. The molecule has 138 valence electrons. The summed E-state index contributed by atoms with van der Waals surface area (Å²) in [6.07, 6.45) is 0. The van der Waals surface area contributed by atoms with Crippen molar-refractivity contribution in [2.75, 3.05) is 31.1 Å². The number of piperazine rings is 1. The molecule has 2 aromatic heterocycles. The van der Waals surface area contributed by atoms with Crippen molar-refractivity contribution in [3.05, 3.63) is 51.7 Å². The monoisotopic (exact) mass is 377 g/mol. The Balaban J connectivity index is 1.49. The van der Waals surface area contributed by atoms with Crippen LogP contribution in [0.1, 0.15) is 27.4 Å². The van der Waals surface area contributed by atoms with Gasteiger partial charge in [-0.25, -0.2) is 9.97 Å². The maximum Gasteiger partial charge on any atom is 0.141 e. The Labute approximate surface area is 163 Å². The van der Waals surface area contributed by atoms with E-state index in [2.05, 4.69) is 46.8 Å². The molecule has 27 heavy (non-hydrogen) atoms. The summed E-state index contributed by atoms with van der Waals surface area (Å²) in [6.45, 7) is 11.2. The summed E-state index contributed by atoms with van der Waals surface area (Å²) in [4.78, 5) is 16.7. The first kappa shape index (κ1) is 17.9. The van der Waals surface area contributed by atoms with Gasteiger partial charge in [-0.05, 0) is 44.0 Å². The summed E-state index contributed by atoms with van der Waals surface area (Å²) in [5.74, 6) is 1.94. The van der Waals surface area contributed by atoms with E-state index in [-0.39, 0.29) is 0 Å². The van der Waals surface area contributed by atoms with E-state index in [1.165, 1.54) is 21.4 Å². The average molecular weight is 378 g/mol. The van der Waals surface area contributed by atoms with Gasteiger partial charge in [0.2, 0.25) is 0 Å². The highest BCUT2D eigenvalue weighted by Crippen LogP contribution is 2.35. The van der Waals surface area contributed by atoms with Crippen molar-refractivity contribution in [3.63, 3.8) is 0 Å². The molecular formula is C21H23N5S. The molecule has 0 spiro atoms. The summed E-state index contributed by atoms with van der Waals surface area (Å²) in [5.41, 5.74) is 3.28. The highest BCUT2D eigenvalue weighted by molar-refractivity contribution is 7.18. The largest absolute Gasteiger partial charge is 0.353 e. The number of nitriles is 1. The lowest BCUT2D eigenvalue weighted by molar-refractivity contribution is 0.249. The molecule has 6 heteroatoms. The van der Waals surface area contributed by atoms with Crippen molar-refractivity contribution in [2.45, 2.75) is 27.3 Å². The van der Waals surface area contributed by atoms with Gasteiger partial charge in [-0.2, -0.15) is 5.26 Å². The SMILES string of the molecule is Cc1nc(N2CCN(Cc3ccc(C#N)cc3)CC2)c2c(C)c(C)sc2n1. The molecule has 4 rings (SSSR count). The Hall–Kier alpha value is -2.49. The van der Waals surface area contributed by atoms with E-state index in [0.29, 0.717) is 5.56 Å². The second-order valence-electron chi connectivity index (χ2n) is 7.13. The molecule has 1 aromatic carbocycles. The van der Waals surface area contributed by atoms with Gasteiger partial charge in [-0.15, -0.1) is 11.3 Å². The van der Waals surface area contributed by atoms with Gasteiger partial charge in [0.15, 0.2) is 0 Å². The van der Waals surface area contributed by atoms with Crippen LogP contribution in [0, 0.1) is 32.1 Å². The molecule has 1 saturated heterocycles. The van der Waals surface area contributed by atoms with E-state index >= 15 is 0 Å². The van der Waals surface area contributed by atoms with E-state index in [9.17, 15) is 0 Å². The molecule has 0 aliphatic carbocycles. The van der Waals surface area contributed by atoms with Gasteiger partial charge in [-0.3, -0.25) is 4.90 Å². The summed E-state index contributed by atoms with van der Waals surface area (Å²) in [5, 5.41) is 10.2. The van der Waals surface area contributed by atoms with Crippen LogP contribution < -0.4 is 4.90 Å². The van der Waals surface area contributed by atoms with Crippen LogP contribution in [0.4, 0.5) is 5.82 Å². The average Bonchev–Trinajstić information content (AvgIpc) is 2.96. The molecule has 5 nitrogen and oxygen atoms in total. The molecule has 3 aromatic rings. The molecule has 0 unspecified atom stereocenters. The second kappa shape index (κ2) is 7.26. The molecule has 3 heterocycles. The standard InChI is InChI=1S/C21H23N5S/c1-14-15(2)27-21-19(14)20(23-16(3)24-21)26-10-8-25(9-11-26)13-18-6-4-17(12-22)5-7-18/h4-7H,8-11,13H2,1-3H3. The fraction of sp³-hybridized carbons (Fsp3) is 0.381. The molecule has 0 bridgehead atoms. The molecule has 1 aliphatic heterocycles. The Bertz CT molecular complexity index is 1010. The minimum atomic E-state index is 0.716. The predicted molar refractivity (Wildman–Crippen MR) is 110 cm³/mol. The first-order valence-electron chi connectivity index (χ1n) is 9.26. The van der Waals surface area contributed by atoms with Crippen molar-refractivity contribution in [1.82, 2.24) is 14.9 Å². The Kier molecular flexibility index (Phi) is 4.81. The summed E-state index contributed by atoms with van der Waals surface area (Å²) in [7, 11) is 0. The van der Waals surface area contributed by atoms with E-state index < -0.39 is 0 Å². The van der Waals surface area contributed by atoms with Gasteiger partial charge in [0, 0.05) is 37.6 Å². The molecular weight excluding hydrogens is 354 g/mol. The van der Waals surface area contributed by atoms with Crippen molar-refractivity contribution in [2.24, 2.45) is 0 Å². The normalized spacial score (nSPS) is 15.3.